The van der Waals surface area contributed by atoms with Gasteiger partial charge in [-0.15, -0.1) is 0 Å². The van der Waals surface area contributed by atoms with E-state index in [1.54, 1.807) is 0 Å². The fourth-order valence-corrected chi connectivity index (χ4v) is 0.0884. The Kier molecular flexibility index (Phi) is 67.2. The molecule has 0 bridgehead atoms. The molecule has 2 radical (unpaired) electrons. The molecular weight excluding hydrogens is 290 g/mol. The van der Waals surface area contributed by atoms with E-state index in [9.17, 15) is 4.79 Å². The first-order valence-corrected chi connectivity index (χ1v) is 1.66. The summed E-state index contributed by atoms with van der Waals surface area (Å²) in [6.07, 6.45) is 0. The van der Waals surface area contributed by atoms with Crippen molar-refractivity contribution in [2.45, 2.75) is 0 Å². The standard InChI is InChI=1S/C3H7N2O.2H2O.2Y/c1-5-3(6)2-4;;;;/h4H,2H2,1H3,(H,5,6);2*1H2;;/q-1;;;;. The van der Waals surface area contributed by atoms with Crippen LogP contribution in [0.5, 0.6) is 0 Å². The third-order valence-electron chi connectivity index (χ3n) is 0.439. The molecule has 0 aromatic heterocycles. The first-order chi connectivity index (χ1) is 2.81. The van der Waals surface area contributed by atoms with Gasteiger partial charge in [-0.25, -0.2) is 0 Å². The molecule has 5 nitrogen and oxygen atoms in total. The van der Waals surface area contributed by atoms with Gasteiger partial charge >= 0.3 is 0 Å². The topological polar surface area (TPSA) is 116 Å². The van der Waals surface area contributed by atoms with E-state index in [2.05, 4.69) is 5.32 Å². The summed E-state index contributed by atoms with van der Waals surface area (Å²) in [4.78, 5) is 9.88. The third-order valence-corrected chi connectivity index (χ3v) is 0.439. The molecule has 1 amide bonds. The van der Waals surface area contributed by atoms with Crippen molar-refractivity contribution in [3.05, 3.63) is 5.73 Å². The van der Waals surface area contributed by atoms with Gasteiger partial charge in [-0.05, 0) is 0 Å². The Morgan fingerprint density at radius 2 is 1.70 bits per heavy atom. The summed E-state index contributed by atoms with van der Waals surface area (Å²) < 4.78 is 0. The predicted molar refractivity (Wildman–Crippen MR) is 30.5 cm³/mol. The molecular formula is C3H11N2O3Y2-. The number of rotatable bonds is 1. The van der Waals surface area contributed by atoms with Gasteiger partial charge < -0.3 is 22.0 Å². The zero-order valence-corrected chi connectivity index (χ0v) is 11.4. The van der Waals surface area contributed by atoms with Gasteiger partial charge in [0.25, 0.3) is 0 Å². The minimum absolute atomic E-state index is 0. The Hall–Kier alpha value is 1.56. The summed E-state index contributed by atoms with van der Waals surface area (Å²) >= 11 is 0. The van der Waals surface area contributed by atoms with E-state index >= 15 is 0 Å². The first-order valence-electron chi connectivity index (χ1n) is 1.66. The first kappa shape index (κ1) is 30.0. The fraction of sp³-hybridized carbons (Fsp3) is 0.667. The Bertz CT molecular complexity index is 57.7. The third kappa shape index (κ3) is 22.7. The number of amides is 1. The molecule has 0 aliphatic heterocycles. The van der Waals surface area contributed by atoms with E-state index in [1.807, 2.05) is 0 Å². The molecule has 0 aromatic rings. The number of likely N-dealkylation sites (N-methyl/N-ethyl adjacent to an activating group) is 1. The van der Waals surface area contributed by atoms with Crippen LogP contribution >= 0.6 is 0 Å². The van der Waals surface area contributed by atoms with Gasteiger partial charge in [-0.3, -0.25) is 4.79 Å². The van der Waals surface area contributed by atoms with Gasteiger partial charge in [0.1, 0.15) is 0 Å². The summed E-state index contributed by atoms with van der Waals surface area (Å²) in [5.74, 6) is -0.241. The monoisotopic (exact) mass is 301 g/mol. The molecule has 0 unspecified atom stereocenters. The Labute approximate surface area is 110 Å². The van der Waals surface area contributed by atoms with Crippen LogP contribution in [0.3, 0.4) is 0 Å². The van der Waals surface area contributed by atoms with E-state index < -0.39 is 0 Å². The Balaban J connectivity index is -0.0000000208. The van der Waals surface area contributed by atoms with Crippen LogP contribution in [0.2, 0.25) is 0 Å². The van der Waals surface area contributed by atoms with Gasteiger partial charge in [0.2, 0.25) is 0 Å². The van der Waals surface area contributed by atoms with Crippen molar-refractivity contribution in [2.24, 2.45) is 0 Å². The minimum Gasteiger partial charge on any atom is -0.670 e. The molecule has 10 heavy (non-hydrogen) atoms. The van der Waals surface area contributed by atoms with Crippen molar-refractivity contribution in [3.8, 4) is 0 Å². The van der Waals surface area contributed by atoms with Crippen LogP contribution in [-0.4, -0.2) is 30.5 Å². The van der Waals surface area contributed by atoms with E-state index in [4.69, 9.17) is 5.73 Å². The summed E-state index contributed by atoms with van der Waals surface area (Å²) in [5.41, 5.74) is 6.40. The van der Waals surface area contributed by atoms with Crippen molar-refractivity contribution in [3.63, 3.8) is 0 Å². The second kappa shape index (κ2) is 22.4. The van der Waals surface area contributed by atoms with Crippen molar-refractivity contribution in [1.82, 2.24) is 5.32 Å². The zero-order chi connectivity index (χ0) is 4.99. The number of hydrogen-bond acceptors (Lipinski definition) is 1. The normalized spacial score (nSPS) is 4.60. The molecule has 0 saturated heterocycles. The molecule has 0 spiro atoms. The smallest absolute Gasteiger partial charge is 0.198 e. The van der Waals surface area contributed by atoms with Crippen LogP contribution in [0, 0.1) is 0 Å². The SMILES string of the molecule is CNC(=O)C[NH-].O.O.[Y].[Y]. The van der Waals surface area contributed by atoms with Crippen LogP contribution in [0.25, 0.3) is 5.73 Å². The van der Waals surface area contributed by atoms with Crippen LogP contribution in [0.1, 0.15) is 0 Å². The Morgan fingerprint density at radius 1 is 1.40 bits per heavy atom. The molecule has 0 aliphatic carbocycles. The molecule has 0 rings (SSSR count). The predicted octanol–water partition coefficient (Wildman–Crippen LogP) is -1.87. The van der Waals surface area contributed by atoms with Gasteiger partial charge in [0, 0.05) is 72.5 Å². The second-order valence-electron chi connectivity index (χ2n) is 0.850. The fourth-order valence-electron chi connectivity index (χ4n) is 0.0884. The summed E-state index contributed by atoms with van der Waals surface area (Å²) in [6, 6.07) is 0. The molecule has 0 aliphatic rings. The number of hydrogen-bond donors (Lipinski definition) is 1. The average Bonchev–Trinajstić information content (AvgIpc) is 1.65. The van der Waals surface area contributed by atoms with Gasteiger partial charge in [0.15, 0.2) is 5.91 Å². The van der Waals surface area contributed by atoms with Crippen LogP contribution in [-0.2, 0) is 70.2 Å². The maximum atomic E-state index is 9.88. The molecule has 7 heteroatoms. The van der Waals surface area contributed by atoms with Crippen LogP contribution < -0.4 is 5.32 Å². The number of nitrogens with one attached hydrogen (secondary N) is 2. The summed E-state index contributed by atoms with van der Waals surface area (Å²) in [6.45, 7) is -0.170. The van der Waals surface area contributed by atoms with Gasteiger partial charge in [-0.2, -0.15) is 0 Å². The van der Waals surface area contributed by atoms with E-state index in [1.165, 1.54) is 7.05 Å². The average molecular weight is 301 g/mol. The van der Waals surface area contributed by atoms with Gasteiger partial charge in [0.05, 0.1) is 0 Å². The minimum atomic E-state index is -0.241. The number of carbonyl (C=O) groups excluding carboxylic acids is 1. The number of carbonyl (C=O) groups is 1. The molecule has 0 heterocycles. The van der Waals surface area contributed by atoms with Crippen LogP contribution in [0.15, 0.2) is 0 Å². The summed E-state index contributed by atoms with van der Waals surface area (Å²) in [7, 11) is 1.51. The molecule has 0 fully saturated rings. The quantitative estimate of drug-likeness (QED) is 0.600. The second-order valence-corrected chi connectivity index (χ2v) is 0.850. The molecule has 0 atom stereocenters. The molecule has 0 saturated carbocycles. The van der Waals surface area contributed by atoms with Crippen molar-refractivity contribution >= 4 is 5.91 Å². The summed E-state index contributed by atoms with van der Waals surface area (Å²) in [5, 5.41) is 2.29. The zero-order valence-electron chi connectivity index (χ0n) is 5.77. The van der Waals surface area contributed by atoms with Crippen molar-refractivity contribution < 1.29 is 81.2 Å². The van der Waals surface area contributed by atoms with E-state index in [-0.39, 0.29) is 88.8 Å². The van der Waals surface area contributed by atoms with E-state index in [0.29, 0.717) is 0 Å². The van der Waals surface area contributed by atoms with E-state index in [0.717, 1.165) is 0 Å². The Morgan fingerprint density at radius 3 is 1.70 bits per heavy atom. The molecule has 58 valence electrons. The largest absolute Gasteiger partial charge is 0.670 e. The maximum Gasteiger partial charge on any atom is 0.198 e. The van der Waals surface area contributed by atoms with Crippen LogP contribution in [0.4, 0.5) is 0 Å². The maximum absolute atomic E-state index is 9.88. The molecule has 6 N–H and O–H groups in total. The van der Waals surface area contributed by atoms with Crippen molar-refractivity contribution in [2.75, 3.05) is 13.6 Å². The molecule has 0 aromatic carbocycles. The van der Waals surface area contributed by atoms with Gasteiger partial charge in [-0.1, -0.05) is 6.54 Å². The van der Waals surface area contributed by atoms with Crippen molar-refractivity contribution in [1.29, 1.82) is 0 Å².